The minimum absolute atomic E-state index is 0.111. The fourth-order valence-electron chi connectivity index (χ4n) is 0.814. The van der Waals surface area contributed by atoms with Gasteiger partial charge in [-0.2, -0.15) is 10.3 Å². The highest BCUT2D eigenvalue weighted by molar-refractivity contribution is 5.91. The minimum atomic E-state index is -0.111. The first-order valence-electron chi connectivity index (χ1n) is 3.31. The van der Waals surface area contributed by atoms with Gasteiger partial charge in [0.25, 0.3) is 0 Å². The lowest BCUT2D eigenvalue weighted by Crippen LogP contribution is -2.30. The summed E-state index contributed by atoms with van der Waals surface area (Å²) in [5, 5.41) is 8.24. The van der Waals surface area contributed by atoms with E-state index in [4.69, 9.17) is 11.0 Å². The quantitative estimate of drug-likeness (QED) is 0.456. The molecule has 0 aromatic heterocycles. The van der Waals surface area contributed by atoms with Crippen LogP contribution in [0.4, 0.5) is 0 Å². The molecule has 1 atom stereocenters. The van der Waals surface area contributed by atoms with E-state index in [9.17, 15) is 0 Å². The summed E-state index contributed by atoms with van der Waals surface area (Å²) < 4.78 is 0. The summed E-state index contributed by atoms with van der Waals surface area (Å²) in [6.07, 6.45) is 1.74. The Morgan fingerprint density at radius 2 is 2.00 bits per heavy atom. The summed E-state index contributed by atoms with van der Waals surface area (Å²) in [6.45, 7) is 5.77. The second-order valence-electron chi connectivity index (χ2n) is 2.58. The Morgan fingerprint density at radius 3 is 2.10 bits per heavy atom. The third kappa shape index (κ3) is 2.60. The smallest absolute Gasteiger partial charge is 0.205 e. The highest BCUT2D eigenvalue weighted by atomic mass is 14.8. The van der Waals surface area contributed by atoms with Gasteiger partial charge in [0.15, 0.2) is 0 Å². The van der Waals surface area contributed by atoms with Crippen LogP contribution in [-0.4, -0.2) is 11.8 Å². The van der Waals surface area contributed by atoms with Crippen molar-refractivity contribution in [3.05, 3.63) is 0 Å². The maximum atomic E-state index is 8.24. The largest absolute Gasteiger partial charge is 0.323 e. The van der Waals surface area contributed by atoms with Crippen LogP contribution in [0.25, 0.3) is 0 Å². The van der Waals surface area contributed by atoms with Crippen molar-refractivity contribution in [3.63, 3.8) is 0 Å². The van der Waals surface area contributed by atoms with Crippen LogP contribution in [0.1, 0.15) is 20.8 Å². The first-order valence-corrected chi connectivity index (χ1v) is 3.31. The van der Waals surface area contributed by atoms with Gasteiger partial charge in [-0.05, 0) is 12.8 Å². The Hall–Kier alpha value is -0.880. The lowest BCUT2D eigenvalue weighted by atomic mass is 10.0. The molecule has 0 saturated carbocycles. The standard InChI is InChI=1S/C7H13N3/c1-5(2)7(6(3)9)10-4-8/h5-6H,9H2,1-3H3/b10-7-. The first kappa shape index (κ1) is 9.12. The third-order valence-electron chi connectivity index (χ3n) is 1.24. The Kier molecular flexibility index (Phi) is 3.67. The molecule has 0 radical (unpaired) electrons. The molecule has 3 heteroatoms. The van der Waals surface area contributed by atoms with E-state index in [1.807, 2.05) is 20.8 Å². The molecule has 0 aliphatic heterocycles. The van der Waals surface area contributed by atoms with Gasteiger partial charge in [0, 0.05) is 11.8 Å². The number of aliphatic imine (C=N–C) groups is 1. The number of rotatable bonds is 2. The summed E-state index contributed by atoms with van der Waals surface area (Å²) in [4.78, 5) is 3.62. The molecule has 56 valence electrons. The van der Waals surface area contributed by atoms with E-state index in [2.05, 4.69) is 4.99 Å². The highest BCUT2D eigenvalue weighted by Gasteiger charge is 2.09. The van der Waals surface area contributed by atoms with Gasteiger partial charge in [-0.25, -0.2) is 0 Å². The van der Waals surface area contributed by atoms with Crippen molar-refractivity contribution < 1.29 is 0 Å². The maximum absolute atomic E-state index is 8.24. The Labute approximate surface area is 61.6 Å². The monoisotopic (exact) mass is 139 g/mol. The summed E-state index contributed by atoms with van der Waals surface area (Å²) in [5.74, 6) is 0.264. The zero-order chi connectivity index (χ0) is 8.15. The molecule has 10 heavy (non-hydrogen) atoms. The zero-order valence-corrected chi connectivity index (χ0v) is 6.63. The van der Waals surface area contributed by atoms with Crippen LogP contribution in [0, 0.1) is 17.4 Å². The maximum Gasteiger partial charge on any atom is 0.205 e. The molecule has 0 spiro atoms. The second-order valence-corrected chi connectivity index (χ2v) is 2.58. The molecule has 0 aromatic rings. The van der Waals surface area contributed by atoms with Gasteiger partial charge in [0.1, 0.15) is 0 Å². The van der Waals surface area contributed by atoms with Gasteiger partial charge in [0.05, 0.1) is 0 Å². The van der Waals surface area contributed by atoms with Crippen molar-refractivity contribution in [1.29, 1.82) is 5.26 Å². The molecule has 0 aromatic carbocycles. The molecule has 0 aliphatic carbocycles. The van der Waals surface area contributed by atoms with E-state index in [1.54, 1.807) is 6.19 Å². The number of nitrogens with two attached hydrogens (primary N) is 1. The van der Waals surface area contributed by atoms with Gasteiger partial charge in [-0.15, -0.1) is 0 Å². The summed E-state index contributed by atoms with van der Waals surface area (Å²) in [6, 6.07) is -0.111. The fourth-order valence-corrected chi connectivity index (χ4v) is 0.814. The van der Waals surface area contributed by atoms with E-state index in [0.29, 0.717) is 0 Å². The Morgan fingerprint density at radius 1 is 1.50 bits per heavy atom. The highest BCUT2D eigenvalue weighted by Crippen LogP contribution is 1.99. The van der Waals surface area contributed by atoms with Gasteiger partial charge < -0.3 is 5.73 Å². The van der Waals surface area contributed by atoms with Crippen molar-refractivity contribution in [2.45, 2.75) is 26.8 Å². The predicted molar refractivity (Wildman–Crippen MR) is 41.5 cm³/mol. The van der Waals surface area contributed by atoms with E-state index >= 15 is 0 Å². The first-order chi connectivity index (χ1) is 4.59. The molecule has 0 heterocycles. The number of nitrogens with zero attached hydrogens (tertiary/aromatic N) is 2. The molecular weight excluding hydrogens is 126 g/mol. The molecule has 1 unspecified atom stereocenters. The average molecular weight is 139 g/mol. The number of hydrogen-bond acceptors (Lipinski definition) is 3. The van der Waals surface area contributed by atoms with Gasteiger partial charge >= 0.3 is 0 Å². The van der Waals surface area contributed by atoms with Crippen LogP contribution in [0.2, 0.25) is 0 Å². The van der Waals surface area contributed by atoms with Gasteiger partial charge in [-0.3, -0.25) is 0 Å². The molecule has 3 nitrogen and oxygen atoms in total. The lowest BCUT2D eigenvalue weighted by Gasteiger charge is -2.10. The van der Waals surface area contributed by atoms with Crippen molar-refractivity contribution in [1.82, 2.24) is 0 Å². The minimum Gasteiger partial charge on any atom is -0.323 e. The Balaban J connectivity index is 4.30. The fraction of sp³-hybridized carbons (Fsp3) is 0.714. The lowest BCUT2D eigenvalue weighted by molar-refractivity contribution is 0.809. The topological polar surface area (TPSA) is 62.2 Å². The molecule has 2 N–H and O–H groups in total. The van der Waals surface area contributed by atoms with Crippen LogP contribution in [0.3, 0.4) is 0 Å². The van der Waals surface area contributed by atoms with E-state index in [1.165, 1.54) is 0 Å². The molecular formula is C7H13N3. The van der Waals surface area contributed by atoms with Gasteiger partial charge in [-0.1, -0.05) is 13.8 Å². The SMILES string of the molecule is CC(C)/C(=N/C#N)C(C)N. The van der Waals surface area contributed by atoms with Crippen LogP contribution in [0.15, 0.2) is 4.99 Å². The van der Waals surface area contributed by atoms with Crippen molar-refractivity contribution >= 4 is 5.71 Å². The predicted octanol–water partition coefficient (Wildman–Crippen LogP) is 0.912. The molecule has 0 saturated heterocycles. The van der Waals surface area contributed by atoms with Crippen molar-refractivity contribution in [2.75, 3.05) is 0 Å². The summed E-state index contributed by atoms with van der Waals surface area (Å²) >= 11 is 0. The average Bonchev–Trinajstić information content (AvgIpc) is 1.81. The number of hydrogen-bond donors (Lipinski definition) is 1. The van der Waals surface area contributed by atoms with Crippen molar-refractivity contribution in [3.8, 4) is 6.19 Å². The Bertz CT molecular complexity index is 152. The van der Waals surface area contributed by atoms with E-state index in [0.717, 1.165) is 5.71 Å². The van der Waals surface area contributed by atoms with Gasteiger partial charge in [0.2, 0.25) is 6.19 Å². The third-order valence-corrected chi connectivity index (χ3v) is 1.24. The van der Waals surface area contributed by atoms with Crippen LogP contribution >= 0.6 is 0 Å². The molecule has 0 rings (SSSR count). The zero-order valence-electron chi connectivity index (χ0n) is 6.63. The van der Waals surface area contributed by atoms with Crippen LogP contribution < -0.4 is 5.73 Å². The summed E-state index contributed by atoms with van der Waals surface area (Å²) in [5.41, 5.74) is 6.31. The van der Waals surface area contributed by atoms with Crippen LogP contribution in [0.5, 0.6) is 0 Å². The van der Waals surface area contributed by atoms with Crippen LogP contribution in [-0.2, 0) is 0 Å². The normalized spacial score (nSPS) is 15.0. The second kappa shape index (κ2) is 4.02. The van der Waals surface area contributed by atoms with E-state index < -0.39 is 0 Å². The number of nitriles is 1. The molecule has 0 amide bonds. The molecule has 0 fully saturated rings. The summed E-state index contributed by atoms with van der Waals surface area (Å²) in [7, 11) is 0. The van der Waals surface area contributed by atoms with Crippen molar-refractivity contribution in [2.24, 2.45) is 16.6 Å². The molecule has 0 bridgehead atoms. The molecule has 0 aliphatic rings. The van der Waals surface area contributed by atoms with E-state index in [-0.39, 0.29) is 12.0 Å².